The summed E-state index contributed by atoms with van der Waals surface area (Å²) in [6.07, 6.45) is 5.41. The van der Waals surface area contributed by atoms with Crippen LogP contribution in [0.3, 0.4) is 0 Å². The zero-order chi connectivity index (χ0) is 13.1. The largest absolute Gasteiger partial charge is 0.381 e. The molecule has 1 amide bonds. The topological polar surface area (TPSA) is 89.0 Å². The van der Waals surface area contributed by atoms with E-state index in [0.29, 0.717) is 24.5 Å². The van der Waals surface area contributed by atoms with Gasteiger partial charge < -0.3 is 21.3 Å². The molecule has 0 atom stereocenters. The zero-order valence-electron chi connectivity index (χ0n) is 10.1. The van der Waals surface area contributed by atoms with Gasteiger partial charge in [0.05, 0.1) is 19.0 Å². The van der Waals surface area contributed by atoms with E-state index in [1.54, 1.807) is 14.1 Å². The Morgan fingerprint density at radius 3 is 2.47 bits per heavy atom. The minimum Gasteiger partial charge on any atom is -0.381 e. The van der Waals surface area contributed by atoms with E-state index < -0.39 is 0 Å². The summed E-state index contributed by atoms with van der Waals surface area (Å²) in [6.45, 7) is 0.624. The molecule has 0 heterocycles. The van der Waals surface area contributed by atoms with Crippen LogP contribution in [0.2, 0.25) is 0 Å². The fourth-order valence-electron chi connectivity index (χ4n) is 1.12. The Balaban J connectivity index is 4.67. The van der Waals surface area contributed by atoms with Crippen molar-refractivity contribution in [1.29, 1.82) is 5.26 Å². The van der Waals surface area contributed by atoms with Crippen molar-refractivity contribution in [2.24, 2.45) is 0 Å². The Kier molecular flexibility index (Phi) is 7.70. The molecule has 6 nitrogen and oxygen atoms in total. The van der Waals surface area contributed by atoms with Crippen molar-refractivity contribution in [3.63, 3.8) is 0 Å². The lowest BCUT2D eigenvalue weighted by Crippen LogP contribution is -2.37. The van der Waals surface area contributed by atoms with Gasteiger partial charge in [0, 0.05) is 20.6 Å². The van der Waals surface area contributed by atoms with Crippen molar-refractivity contribution in [2.45, 2.75) is 6.42 Å². The maximum absolute atomic E-state index is 11.7. The van der Waals surface area contributed by atoms with Gasteiger partial charge in [-0.2, -0.15) is 5.26 Å². The van der Waals surface area contributed by atoms with Gasteiger partial charge in [0.15, 0.2) is 0 Å². The van der Waals surface area contributed by atoms with Crippen LogP contribution in [0.25, 0.3) is 0 Å². The Morgan fingerprint density at radius 2 is 2.00 bits per heavy atom. The molecule has 17 heavy (non-hydrogen) atoms. The predicted octanol–water partition coefficient (Wildman–Crippen LogP) is -1.15. The smallest absolute Gasteiger partial charge is 0.271 e. The fourth-order valence-corrected chi connectivity index (χ4v) is 1.12. The Morgan fingerprint density at radius 1 is 1.29 bits per heavy atom. The number of nitriles is 1. The number of nitrogens with zero attached hydrogens (tertiary/aromatic N) is 1. The first-order chi connectivity index (χ1) is 8.21. The average molecular weight is 235 g/mol. The van der Waals surface area contributed by atoms with E-state index in [2.05, 4.69) is 27.2 Å². The molecular weight excluding hydrogens is 218 g/mol. The van der Waals surface area contributed by atoms with E-state index in [0.717, 1.165) is 0 Å². The van der Waals surface area contributed by atoms with Gasteiger partial charge in [0.2, 0.25) is 0 Å². The molecule has 92 valence electrons. The number of terminal acetylenes is 1. The molecule has 0 fully saturated rings. The van der Waals surface area contributed by atoms with Gasteiger partial charge in [-0.25, -0.2) is 0 Å². The van der Waals surface area contributed by atoms with Crippen molar-refractivity contribution in [3.8, 4) is 18.4 Å². The molecule has 0 aromatic carbocycles. The molecule has 0 spiro atoms. The third kappa shape index (κ3) is 5.33. The molecule has 0 unspecified atom stereocenters. The van der Waals surface area contributed by atoms with Crippen LogP contribution < -0.4 is 21.3 Å². The quantitative estimate of drug-likeness (QED) is 0.254. The number of carbonyl (C=O) groups excluding carboxylic acids is 1. The SMILES string of the molecule is C#CCNC(=O)/C(NC)=C(/NC)NCCC#N. The maximum Gasteiger partial charge on any atom is 0.271 e. The Hall–Kier alpha value is -2.34. The minimum atomic E-state index is -0.306. The molecule has 0 bridgehead atoms. The lowest BCUT2D eigenvalue weighted by Gasteiger charge is -2.15. The second-order valence-electron chi connectivity index (χ2n) is 2.97. The van der Waals surface area contributed by atoms with Gasteiger partial charge in [-0.1, -0.05) is 5.92 Å². The first kappa shape index (κ1) is 14.7. The van der Waals surface area contributed by atoms with Crippen LogP contribution in [0.5, 0.6) is 0 Å². The van der Waals surface area contributed by atoms with E-state index >= 15 is 0 Å². The van der Waals surface area contributed by atoms with Crippen LogP contribution in [-0.2, 0) is 4.79 Å². The first-order valence-corrected chi connectivity index (χ1v) is 5.13. The normalized spacial score (nSPS) is 10.4. The van der Waals surface area contributed by atoms with Crippen LogP contribution in [0, 0.1) is 23.7 Å². The zero-order valence-corrected chi connectivity index (χ0v) is 10.1. The summed E-state index contributed by atoms with van der Waals surface area (Å²) < 4.78 is 0. The number of likely N-dealkylation sites (N-methyl/N-ethyl adjacent to an activating group) is 1. The van der Waals surface area contributed by atoms with Crippen LogP contribution >= 0.6 is 0 Å². The number of nitrogens with one attached hydrogen (secondary N) is 4. The molecular formula is C11H17N5O. The Bertz CT molecular complexity index is 361. The van der Waals surface area contributed by atoms with Gasteiger partial charge in [0.25, 0.3) is 5.91 Å². The monoisotopic (exact) mass is 235 g/mol. The summed E-state index contributed by atoms with van der Waals surface area (Å²) in [7, 11) is 3.31. The first-order valence-electron chi connectivity index (χ1n) is 5.13. The molecule has 0 radical (unpaired) electrons. The number of hydrogen-bond acceptors (Lipinski definition) is 5. The highest BCUT2D eigenvalue weighted by molar-refractivity contribution is 5.93. The number of hydrogen-bond donors (Lipinski definition) is 4. The predicted molar refractivity (Wildman–Crippen MR) is 65.2 cm³/mol. The van der Waals surface area contributed by atoms with Gasteiger partial charge >= 0.3 is 0 Å². The van der Waals surface area contributed by atoms with Crippen molar-refractivity contribution >= 4 is 5.91 Å². The third-order valence-corrected chi connectivity index (χ3v) is 1.87. The molecule has 0 saturated heterocycles. The van der Waals surface area contributed by atoms with E-state index in [1.165, 1.54) is 0 Å². The second kappa shape index (κ2) is 8.93. The molecule has 6 heteroatoms. The summed E-state index contributed by atoms with van der Waals surface area (Å²) in [4.78, 5) is 11.7. The van der Waals surface area contributed by atoms with Gasteiger partial charge in [-0.15, -0.1) is 6.42 Å². The summed E-state index contributed by atoms with van der Waals surface area (Å²) in [6, 6.07) is 2.01. The lowest BCUT2D eigenvalue weighted by molar-refractivity contribution is -0.117. The molecule has 0 aromatic heterocycles. The van der Waals surface area contributed by atoms with Crippen molar-refractivity contribution in [1.82, 2.24) is 21.3 Å². The summed E-state index contributed by atoms with van der Waals surface area (Å²) in [5, 5.41) is 19.6. The van der Waals surface area contributed by atoms with E-state index in [4.69, 9.17) is 11.7 Å². The molecule has 4 N–H and O–H groups in total. The highest BCUT2D eigenvalue weighted by Gasteiger charge is 2.12. The third-order valence-electron chi connectivity index (χ3n) is 1.87. The molecule has 0 aromatic rings. The molecule has 0 rings (SSSR count). The highest BCUT2D eigenvalue weighted by atomic mass is 16.2. The van der Waals surface area contributed by atoms with Crippen LogP contribution in [0.4, 0.5) is 0 Å². The fraction of sp³-hybridized carbons (Fsp3) is 0.455. The van der Waals surface area contributed by atoms with Crippen LogP contribution in [0.15, 0.2) is 11.5 Å². The Labute approximate surface area is 101 Å². The number of rotatable bonds is 7. The van der Waals surface area contributed by atoms with Crippen molar-refractivity contribution < 1.29 is 4.79 Å². The molecule has 0 aliphatic heterocycles. The minimum absolute atomic E-state index is 0.166. The summed E-state index contributed by atoms with van der Waals surface area (Å²) in [5.74, 6) is 2.54. The number of amides is 1. The van der Waals surface area contributed by atoms with E-state index in [1.807, 2.05) is 6.07 Å². The molecule has 0 saturated carbocycles. The molecule has 0 aliphatic rings. The van der Waals surface area contributed by atoms with Crippen LogP contribution in [0.1, 0.15) is 6.42 Å². The highest BCUT2D eigenvalue weighted by Crippen LogP contribution is 1.94. The molecule has 0 aliphatic carbocycles. The number of carbonyl (C=O) groups is 1. The van der Waals surface area contributed by atoms with E-state index in [-0.39, 0.29) is 12.5 Å². The van der Waals surface area contributed by atoms with Crippen LogP contribution in [-0.4, -0.2) is 33.1 Å². The summed E-state index contributed by atoms with van der Waals surface area (Å²) >= 11 is 0. The van der Waals surface area contributed by atoms with Gasteiger partial charge in [0.1, 0.15) is 11.5 Å². The van der Waals surface area contributed by atoms with Crippen molar-refractivity contribution in [2.75, 3.05) is 27.2 Å². The second-order valence-corrected chi connectivity index (χ2v) is 2.97. The van der Waals surface area contributed by atoms with E-state index in [9.17, 15) is 4.79 Å². The standard InChI is InChI=1S/C11H17N5O/c1-4-7-16-11(17)9(13-2)10(14-3)15-8-5-6-12/h1,13-15H,5,7-8H2,2-3H3,(H,16,17)/b10-9+. The lowest BCUT2D eigenvalue weighted by atomic mass is 10.3. The van der Waals surface area contributed by atoms with Gasteiger partial charge in [-0.3, -0.25) is 4.79 Å². The van der Waals surface area contributed by atoms with Gasteiger partial charge in [-0.05, 0) is 0 Å². The maximum atomic E-state index is 11.7. The van der Waals surface area contributed by atoms with Crippen molar-refractivity contribution in [3.05, 3.63) is 11.5 Å². The summed E-state index contributed by atoms with van der Waals surface area (Å²) in [5.41, 5.74) is 0.348. The average Bonchev–Trinajstić information content (AvgIpc) is 2.35.